The summed E-state index contributed by atoms with van der Waals surface area (Å²) in [6.07, 6.45) is -0.936. The van der Waals surface area contributed by atoms with Gasteiger partial charge in [-0.25, -0.2) is 4.79 Å². The Hall–Kier alpha value is -3.11. The van der Waals surface area contributed by atoms with Crippen LogP contribution < -0.4 is 21.3 Å². The van der Waals surface area contributed by atoms with Crippen LogP contribution >= 0.6 is 0 Å². The lowest BCUT2D eigenvalue weighted by Crippen LogP contribution is -2.38. The van der Waals surface area contributed by atoms with E-state index in [4.69, 9.17) is 9.84 Å². The van der Waals surface area contributed by atoms with E-state index in [0.29, 0.717) is 5.75 Å². The van der Waals surface area contributed by atoms with Gasteiger partial charge in [-0.15, -0.1) is 0 Å². The lowest BCUT2D eigenvalue weighted by molar-refractivity contribution is 0.0938. The molecule has 0 aliphatic carbocycles. The summed E-state index contributed by atoms with van der Waals surface area (Å²) in [6, 6.07) is 9.07. The Labute approximate surface area is 160 Å². The topological polar surface area (TPSA) is 124 Å². The third-order valence-corrected chi connectivity index (χ3v) is 4.32. The molecule has 0 saturated heterocycles. The van der Waals surface area contributed by atoms with E-state index in [9.17, 15) is 14.7 Å². The first-order chi connectivity index (χ1) is 13.4. The zero-order valence-electron chi connectivity index (χ0n) is 15.7. The van der Waals surface area contributed by atoms with Crippen LogP contribution in [0, 0.1) is 0 Å². The van der Waals surface area contributed by atoms with Crippen molar-refractivity contribution in [3.8, 4) is 5.75 Å². The molecule has 0 aliphatic rings. The monoisotopic (exact) mass is 389 g/mol. The van der Waals surface area contributed by atoms with Gasteiger partial charge in [0.25, 0.3) is 5.56 Å². The third-order valence-electron chi connectivity index (χ3n) is 4.32. The maximum Gasteiger partial charge on any atom is 0.332 e. The van der Waals surface area contributed by atoms with Crippen LogP contribution in [0.4, 0.5) is 5.95 Å². The minimum absolute atomic E-state index is 0.00913. The van der Waals surface area contributed by atoms with Gasteiger partial charge in [-0.1, -0.05) is 18.2 Å². The first kappa shape index (κ1) is 19.6. The molecule has 0 spiro atoms. The average Bonchev–Trinajstić information content (AvgIpc) is 3.06. The number of aryl methyl sites for hydroxylation is 1. The lowest BCUT2D eigenvalue weighted by atomic mass is 10.3. The Morgan fingerprint density at radius 3 is 2.57 bits per heavy atom. The molecule has 0 bridgehead atoms. The van der Waals surface area contributed by atoms with Crippen LogP contribution in [-0.4, -0.2) is 54.8 Å². The number of nitrogens with one attached hydrogen (secondary N) is 1. The summed E-state index contributed by atoms with van der Waals surface area (Å²) in [5.41, 5.74) is -0.629. The van der Waals surface area contributed by atoms with Crippen molar-refractivity contribution >= 4 is 17.1 Å². The van der Waals surface area contributed by atoms with E-state index in [1.54, 1.807) is 12.1 Å². The fourth-order valence-corrected chi connectivity index (χ4v) is 2.90. The predicted octanol–water partition coefficient (Wildman–Crippen LogP) is -0.722. The van der Waals surface area contributed by atoms with Crippen LogP contribution in [0.25, 0.3) is 11.2 Å². The number of ether oxygens (including phenoxy) is 1. The number of aliphatic hydroxyl groups excluding tert-OH is 2. The summed E-state index contributed by atoms with van der Waals surface area (Å²) < 4.78 is 9.33. The van der Waals surface area contributed by atoms with E-state index in [1.807, 2.05) is 18.2 Å². The fourth-order valence-electron chi connectivity index (χ4n) is 2.90. The molecule has 0 amide bonds. The molecule has 150 valence electrons. The van der Waals surface area contributed by atoms with E-state index >= 15 is 0 Å². The molecular weight excluding hydrogens is 366 g/mol. The fraction of sp³-hybridized carbons (Fsp3) is 0.389. The van der Waals surface area contributed by atoms with E-state index in [1.165, 1.54) is 23.2 Å². The molecule has 1 unspecified atom stereocenters. The number of aliphatic hydroxyl groups is 2. The molecule has 1 aromatic carbocycles. The summed E-state index contributed by atoms with van der Waals surface area (Å²) in [4.78, 5) is 29.2. The normalized spacial score (nSPS) is 12.3. The van der Waals surface area contributed by atoms with Crippen molar-refractivity contribution in [1.29, 1.82) is 0 Å². The van der Waals surface area contributed by atoms with Crippen molar-refractivity contribution in [2.75, 3.05) is 25.1 Å². The summed E-state index contributed by atoms with van der Waals surface area (Å²) in [5, 5.41) is 22.5. The highest BCUT2D eigenvalue weighted by Gasteiger charge is 2.21. The van der Waals surface area contributed by atoms with Crippen LogP contribution in [0.15, 0.2) is 39.9 Å². The molecule has 3 N–H and O–H groups in total. The van der Waals surface area contributed by atoms with Gasteiger partial charge in [0.1, 0.15) is 18.5 Å². The first-order valence-corrected chi connectivity index (χ1v) is 8.81. The van der Waals surface area contributed by atoms with Gasteiger partial charge in [0.15, 0.2) is 11.2 Å². The average molecular weight is 389 g/mol. The molecule has 2 aromatic heterocycles. The number of anilines is 1. The van der Waals surface area contributed by atoms with Crippen LogP contribution in [0.2, 0.25) is 0 Å². The molecule has 2 heterocycles. The quantitative estimate of drug-likeness (QED) is 0.464. The van der Waals surface area contributed by atoms with E-state index in [-0.39, 0.29) is 43.4 Å². The molecule has 10 heteroatoms. The van der Waals surface area contributed by atoms with Crippen molar-refractivity contribution in [3.63, 3.8) is 0 Å². The SMILES string of the molecule is Cn1c(=O)c2c(nc(NCCO)n2CC(O)COc2ccccc2)n(C)c1=O. The minimum atomic E-state index is -0.936. The van der Waals surface area contributed by atoms with Crippen molar-refractivity contribution in [1.82, 2.24) is 18.7 Å². The molecule has 10 nitrogen and oxygen atoms in total. The second-order valence-electron chi connectivity index (χ2n) is 6.35. The van der Waals surface area contributed by atoms with Crippen LogP contribution in [-0.2, 0) is 20.6 Å². The highest BCUT2D eigenvalue weighted by atomic mass is 16.5. The second-order valence-corrected chi connectivity index (χ2v) is 6.35. The summed E-state index contributed by atoms with van der Waals surface area (Å²) in [7, 11) is 2.91. The van der Waals surface area contributed by atoms with E-state index < -0.39 is 17.4 Å². The number of aromatic nitrogens is 4. The predicted molar refractivity (Wildman–Crippen MR) is 104 cm³/mol. The molecule has 28 heavy (non-hydrogen) atoms. The number of imidazole rings is 1. The number of rotatable bonds is 8. The zero-order valence-corrected chi connectivity index (χ0v) is 15.7. The molecule has 0 radical (unpaired) electrons. The Morgan fingerprint density at radius 1 is 1.18 bits per heavy atom. The number of para-hydroxylation sites is 1. The third kappa shape index (κ3) is 3.78. The van der Waals surface area contributed by atoms with E-state index in [0.717, 1.165) is 4.57 Å². The van der Waals surface area contributed by atoms with E-state index in [2.05, 4.69) is 10.3 Å². The van der Waals surface area contributed by atoms with Gasteiger partial charge in [-0.05, 0) is 12.1 Å². The van der Waals surface area contributed by atoms with Crippen molar-refractivity contribution < 1.29 is 14.9 Å². The van der Waals surface area contributed by atoms with Crippen molar-refractivity contribution in [3.05, 3.63) is 51.2 Å². The minimum Gasteiger partial charge on any atom is -0.491 e. The molecule has 3 rings (SSSR count). The summed E-state index contributed by atoms with van der Waals surface area (Å²) >= 11 is 0. The first-order valence-electron chi connectivity index (χ1n) is 8.81. The Morgan fingerprint density at radius 2 is 1.89 bits per heavy atom. The van der Waals surface area contributed by atoms with Crippen LogP contribution in [0.3, 0.4) is 0 Å². The second kappa shape index (κ2) is 8.28. The molecule has 1 atom stereocenters. The van der Waals surface area contributed by atoms with Crippen LogP contribution in [0.5, 0.6) is 5.75 Å². The standard InChI is InChI=1S/C18H23N5O5/c1-21-15-14(16(26)22(2)18(21)27)23(17(20-15)19-8-9-24)10-12(25)11-28-13-6-4-3-5-7-13/h3-7,12,24-25H,8-11H2,1-2H3,(H,19,20). The number of fused-ring (bicyclic) bond motifs is 1. The van der Waals surface area contributed by atoms with Crippen LogP contribution in [0.1, 0.15) is 0 Å². The summed E-state index contributed by atoms with van der Waals surface area (Å²) in [6.45, 7) is 0.0910. The smallest absolute Gasteiger partial charge is 0.332 e. The Kier molecular flexibility index (Phi) is 5.81. The summed E-state index contributed by atoms with van der Waals surface area (Å²) in [5.74, 6) is 0.898. The number of benzene rings is 1. The number of hydrogen-bond donors (Lipinski definition) is 3. The van der Waals surface area contributed by atoms with Gasteiger partial charge in [0, 0.05) is 20.6 Å². The Bertz CT molecular complexity index is 1070. The van der Waals surface area contributed by atoms with Gasteiger partial charge < -0.3 is 24.8 Å². The van der Waals surface area contributed by atoms with Gasteiger partial charge in [0.05, 0.1) is 13.2 Å². The molecule has 3 aromatic rings. The maximum atomic E-state index is 12.7. The molecular formula is C18H23N5O5. The van der Waals surface area contributed by atoms with Gasteiger partial charge in [0.2, 0.25) is 5.95 Å². The number of nitrogens with zero attached hydrogens (tertiary/aromatic N) is 4. The number of hydrogen-bond acceptors (Lipinski definition) is 7. The largest absolute Gasteiger partial charge is 0.491 e. The zero-order chi connectivity index (χ0) is 20.3. The molecule has 0 saturated carbocycles. The van der Waals surface area contributed by atoms with Crippen molar-refractivity contribution in [2.45, 2.75) is 12.6 Å². The maximum absolute atomic E-state index is 12.7. The van der Waals surface area contributed by atoms with Gasteiger partial charge >= 0.3 is 5.69 Å². The Balaban J connectivity index is 1.95. The van der Waals surface area contributed by atoms with Gasteiger partial charge in [-0.2, -0.15) is 4.98 Å². The highest BCUT2D eigenvalue weighted by molar-refractivity contribution is 5.74. The highest BCUT2D eigenvalue weighted by Crippen LogP contribution is 2.17. The molecule has 0 fully saturated rings. The lowest BCUT2D eigenvalue weighted by Gasteiger charge is -2.16. The van der Waals surface area contributed by atoms with Crippen molar-refractivity contribution in [2.24, 2.45) is 14.1 Å². The molecule has 0 aliphatic heterocycles. The van der Waals surface area contributed by atoms with Gasteiger partial charge in [-0.3, -0.25) is 13.9 Å².